The monoisotopic (exact) mass is 543 g/mol. The van der Waals surface area contributed by atoms with Crippen LogP contribution in [0, 0.1) is 17.2 Å². The van der Waals surface area contributed by atoms with Crippen LogP contribution in [0.3, 0.4) is 0 Å². The Bertz CT molecular complexity index is 1000. The number of aliphatic imine (C=N–C) groups is 1. The first-order chi connectivity index (χ1) is 16.9. The second-order valence-electron chi connectivity index (χ2n) is 11.4. The van der Waals surface area contributed by atoms with Crippen LogP contribution in [0.5, 0.6) is 0 Å². The van der Waals surface area contributed by atoms with E-state index in [2.05, 4.69) is 13.8 Å². The third-order valence-corrected chi connectivity index (χ3v) is 8.17. The summed E-state index contributed by atoms with van der Waals surface area (Å²) in [4.78, 5) is 16.8. The van der Waals surface area contributed by atoms with Gasteiger partial charge in [0.2, 0.25) is 0 Å². The molecule has 1 aliphatic heterocycles. The van der Waals surface area contributed by atoms with E-state index >= 15 is 0 Å². The van der Waals surface area contributed by atoms with E-state index in [4.69, 9.17) is 4.99 Å². The minimum atomic E-state index is -3.31. The van der Waals surface area contributed by atoms with Crippen LogP contribution in [-0.2, 0) is 11.2 Å². The van der Waals surface area contributed by atoms with Crippen LogP contribution < -0.4 is 0 Å². The van der Waals surface area contributed by atoms with Gasteiger partial charge in [-0.3, -0.25) is 9.79 Å². The number of alkyl halides is 3. The second kappa shape index (κ2) is 12.9. The predicted octanol–water partition coefficient (Wildman–Crippen LogP) is 9.73. The highest BCUT2D eigenvalue weighted by Crippen LogP contribution is 2.57. The van der Waals surface area contributed by atoms with Crippen molar-refractivity contribution in [2.75, 3.05) is 0 Å². The molecule has 0 amide bonds. The summed E-state index contributed by atoms with van der Waals surface area (Å²) < 4.78 is 55.3. The molecule has 0 saturated heterocycles. The molecule has 210 valence electrons. The second-order valence-corrected chi connectivity index (χ2v) is 11.4. The van der Waals surface area contributed by atoms with Gasteiger partial charge in [0, 0.05) is 44.3 Å². The molecule has 2 aliphatic carbocycles. The number of nitrogens with zero attached hydrogens (tertiary/aromatic N) is 1. The van der Waals surface area contributed by atoms with E-state index in [1.165, 1.54) is 32.3 Å². The Balaban J connectivity index is 0.000000796. The maximum absolute atomic E-state index is 14.4. The van der Waals surface area contributed by atoms with Crippen LogP contribution in [-0.4, -0.2) is 23.1 Å². The topological polar surface area (TPSA) is 29.4 Å². The van der Waals surface area contributed by atoms with Crippen molar-refractivity contribution in [1.82, 2.24) is 0 Å². The summed E-state index contributed by atoms with van der Waals surface area (Å²) >= 11 is 0. The fourth-order valence-electron chi connectivity index (χ4n) is 5.46. The zero-order valence-corrected chi connectivity index (χ0v) is 23.7. The summed E-state index contributed by atoms with van der Waals surface area (Å²) in [6, 6.07) is 3.14. The Kier molecular flexibility index (Phi) is 11.1. The number of benzene rings is 1. The standard InChI is InChI=1S/C24H29F4NO.C6H12.H2S.H2/c1-3-19-20-11-7-9-17(29-22(20)13-12-21(19)25)8-5-6-10-18(30)14-16-15-24(27,28)23(16,26)4-2;1-6(2)4-3-5-6;;/h7,11-13,16H,3-6,8-10,14-15H2,1-2H3;3-5H2,1-2H3;1H2;1H. The zero-order chi connectivity index (χ0) is 26.6. The minimum absolute atomic E-state index is 0. The summed E-state index contributed by atoms with van der Waals surface area (Å²) in [6.45, 7) is 7.98. The maximum Gasteiger partial charge on any atom is 0.282 e. The lowest BCUT2D eigenvalue weighted by Crippen LogP contribution is -2.61. The predicted molar refractivity (Wildman–Crippen MR) is 152 cm³/mol. The van der Waals surface area contributed by atoms with Crippen molar-refractivity contribution in [2.45, 2.75) is 116 Å². The molecule has 2 atom stereocenters. The Morgan fingerprint density at radius 3 is 2.35 bits per heavy atom. The molecule has 4 rings (SSSR count). The highest BCUT2D eigenvalue weighted by Gasteiger charge is 2.68. The van der Waals surface area contributed by atoms with Gasteiger partial charge in [-0.25, -0.2) is 17.6 Å². The highest BCUT2D eigenvalue weighted by atomic mass is 32.1. The molecule has 0 radical (unpaired) electrons. The lowest BCUT2D eigenvalue weighted by atomic mass is 9.64. The number of unbranched alkanes of at least 4 members (excludes halogenated alkanes) is 1. The largest absolute Gasteiger partial charge is 0.300 e. The molecule has 2 unspecified atom stereocenters. The third kappa shape index (κ3) is 7.48. The van der Waals surface area contributed by atoms with Gasteiger partial charge in [0.25, 0.3) is 5.92 Å². The van der Waals surface area contributed by atoms with Crippen LogP contribution in [0.2, 0.25) is 0 Å². The van der Waals surface area contributed by atoms with Gasteiger partial charge in [0.05, 0.1) is 5.69 Å². The van der Waals surface area contributed by atoms with Crippen molar-refractivity contribution >= 4 is 36.8 Å². The molecule has 37 heavy (non-hydrogen) atoms. The fraction of sp³-hybridized carbons (Fsp3) is 0.667. The molecule has 1 aromatic carbocycles. The average molecular weight is 544 g/mol. The maximum atomic E-state index is 14.4. The van der Waals surface area contributed by atoms with E-state index in [1.807, 2.05) is 19.1 Å². The lowest BCUT2D eigenvalue weighted by molar-refractivity contribution is -0.252. The van der Waals surface area contributed by atoms with Gasteiger partial charge >= 0.3 is 0 Å². The fourth-order valence-corrected chi connectivity index (χ4v) is 5.46. The molecule has 2 saturated carbocycles. The van der Waals surface area contributed by atoms with E-state index in [1.54, 1.807) is 6.07 Å². The van der Waals surface area contributed by atoms with Crippen LogP contribution in [0.25, 0.3) is 6.08 Å². The Morgan fingerprint density at radius 1 is 1.14 bits per heavy atom. The smallest absolute Gasteiger partial charge is 0.282 e. The van der Waals surface area contributed by atoms with E-state index in [-0.39, 0.29) is 45.8 Å². The molecular weight excluding hydrogens is 498 g/mol. The van der Waals surface area contributed by atoms with Crippen LogP contribution in [0.15, 0.2) is 23.2 Å². The molecule has 0 aromatic heterocycles. The van der Waals surface area contributed by atoms with Crippen molar-refractivity contribution < 1.29 is 23.8 Å². The Morgan fingerprint density at radius 2 is 1.81 bits per heavy atom. The van der Waals surface area contributed by atoms with E-state index in [0.29, 0.717) is 31.2 Å². The molecule has 0 spiro atoms. The van der Waals surface area contributed by atoms with Crippen molar-refractivity contribution in [2.24, 2.45) is 16.3 Å². The van der Waals surface area contributed by atoms with E-state index in [9.17, 15) is 22.4 Å². The minimum Gasteiger partial charge on any atom is -0.300 e. The number of carbonyl (C=O) groups excluding carboxylic acids is 1. The number of fused-ring (bicyclic) bond motifs is 1. The first kappa shape index (κ1) is 31.6. The van der Waals surface area contributed by atoms with Gasteiger partial charge in [-0.05, 0) is 68.1 Å². The number of hydrogen-bond acceptors (Lipinski definition) is 2. The summed E-state index contributed by atoms with van der Waals surface area (Å²) in [5.41, 5.74) is 1.41. The number of Topliss-reactive ketones (excluding diaryl/α,β-unsaturated/α-hetero) is 1. The van der Waals surface area contributed by atoms with Crippen molar-refractivity contribution in [3.05, 3.63) is 35.2 Å². The lowest BCUT2D eigenvalue weighted by Gasteiger charge is -2.49. The number of allylic oxidation sites excluding steroid dienone is 1. The zero-order valence-electron chi connectivity index (χ0n) is 22.7. The van der Waals surface area contributed by atoms with Gasteiger partial charge in [-0.1, -0.05) is 46.3 Å². The highest BCUT2D eigenvalue weighted by molar-refractivity contribution is 7.59. The Labute approximate surface area is 228 Å². The first-order valence-corrected chi connectivity index (χ1v) is 13.5. The van der Waals surface area contributed by atoms with Crippen LogP contribution in [0.1, 0.15) is 111 Å². The third-order valence-electron chi connectivity index (χ3n) is 8.17. The first-order valence-electron chi connectivity index (χ1n) is 13.5. The van der Waals surface area contributed by atoms with Gasteiger partial charge in [-0.15, -0.1) is 0 Å². The molecule has 1 aromatic rings. The van der Waals surface area contributed by atoms with E-state index in [0.717, 1.165) is 28.8 Å². The van der Waals surface area contributed by atoms with Gasteiger partial charge < -0.3 is 0 Å². The summed E-state index contributed by atoms with van der Waals surface area (Å²) in [5.74, 6) is -4.55. The molecule has 2 fully saturated rings. The molecular formula is C30H45F4NOS. The molecule has 2 nitrogen and oxygen atoms in total. The van der Waals surface area contributed by atoms with Gasteiger partial charge in [0.15, 0.2) is 5.67 Å². The quantitative estimate of drug-likeness (QED) is 0.225. The number of hydrogen-bond donors (Lipinski definition) is 0. The van der Waals surface area contributed by atoms with Crippen molar-refractivity contribution in [1.29, 1.82) is 0 Å². The van der Waals surface area contributed by atoms with Gasteiger partial charge in [0.1, 0.15) is 11.6 Å². The van der Waals surface area contributed by atoms with Crippen molar-refractivity contribution in [3.63, 3.8) is 0 Å². The van der Waals surface area contributed by atoms with Crippen LogP contribution >= 0.6 is 13.5 Å². The normalized spacial score (nSPS) is 24.6. The Hall–Kier alpha value is -1.63. The van der Waals surface area contributed by atoms with Crippen LogP contribution in [0.4, 0.5) is 23.2 Å². The number of ketones is 1. The number of halogens is 4. The van der Waals surface area contributed by atoms with Crippen molar-refractivity contribution in [3.8, 4) is 0 Å². The SMILES string of the molecule is CC1(C)CCC1.CCc1c(F)ccc2c1C=CCC(CCCCC(=O)CC1CC(F)(F)C1(F)CC)=N2.S.[HH]. The molecule has 7 heteroatoms. The average Bonchev–Trinajstić information content (AvgIpc) is 3.02. The summed E-state index contributed by atoms with van der Waals surface area (Å²) in [6.07, 6.45) is 11.0. The number of rotatable bonds is 9. The summed E-state index contributed by atoms with van der Waals surface area (Å²) in [7, 11) is 0. The summed E-state index contributed by atoms with van der Waals surface area (Å²) in [5, 5.41) is 0. The number of carbonyl (C=O) groups is 1. The van der Waals surface area contributed by atoms with Gasteiger partial charge in [-0.2, -0.15) is 13.5 Å². The molecule has 1 heterocycles. The molecule has 0 N–H and O–H groups in total. The molecule has 3 aliphatic rings. The van der Waals surface area contributed by atoms with E-state index < -0.39 is 23.9 Å². The molecule has 0 bridgehead atoms.